The molecule has 0 saturated carbocycles. The van der Waals surface area contributed by atoms with E-state index in [4.69, 9.17) is 9.94 Å². The molecular weight excluding hydrogens is 395 g/mol. The van der Waals surface area contributed by atoms with Gasteiger partial charge in [-0.15, -0.1) is 0 Å². The number of oxime groups is 1. The van der Waals surface area contributed by atoms with Gasteiger partial charge in [0.2, 0.25) is 0 Å². The molecule has 154 valence electrons. The quantitative estimate of drug-likeness (QED) is 0.807. The van der Waals surface area contributed by atoms with Gasteiger partial charge in [-0.05, 0) is 37.7 Å². The number of nitrogens with zero attached hydrogens (tertiary/aromatic N) is 2. The minimum absolute atomic E-state index is 0.141. The summed E-state index contributed by atoms with van der Waals surface area (Å²) in [5.41, 5.74) is 2.17. The van der Waals surface area contributed by atoms with Gasteiger partial charge < -0.3 is 14.8 Å². The third-order valence-corrected chi connectivity index (χ3v) is 8.02. The van der Waals surface area contributed by atoms with Crippen LogP contribution in [-0.2, 0) is 14.7 Å². The highest BCUT2D eigenvalue weighted by atomic mass is 32.2. The topological polar surface area (TPSA) is 79.2 Å². The Bertz CT molecular complexity index is 1060. The molecule has 2 aliphatic heterocycles. The second kappa shape index (κ2) is 7.19. The Morgan fingerprint density at radius 1 is 1.21 bits per heavy atom. The molecule has 8 heteroatoms. The van der Waals surface area contributed by atoms with Crippen molar-refractivity contribution < 1.29 is 22.8 Å². The van der Waals surface area contributed by atoms with Gasteiger partial charge in [0.05, 0.1) is 22.0 Å². The standard InChI is InChI=1S/C21H23FN2O4S/c1-21(12-24(2)13-21)29(26,27)17-6-3-14(4-7-17)18-8-5-15(9-19(18)22)20-10-16(11-25)28-23-20/h3-9,16,25H,10-13H2,1-2H3/t16-/m1/s1. The van der Waals surface area contributed by atoms with E-state index in [9.17, 15) is 12.8 Å². The van der Waals surface area contributed by atoms with Crippen LogP contribution >= 0.6 is 0 Å². The molecule has 4 rings (SSSR count). The highest BCUT2D eigenvalue weighted by Gasteiger charge is 2.48. The maximum atomic E-state index is 14.7. The lowest BCUT2D eigenvalue weighted by Crippen LogP contribution is -2.62. The van der Waals surface area contributed by atoms with Gasteiger partial charge in [-0.3, -0.25) is 0 Å². The van der Waals surface area contributed by atoms with Gasteiger partial charge in [-0.25, -0.2) is 12.8 Å². The molecule has 0 bridgehead atoms. The number of hydrogen-bond acceptors (Lipinski definition) is 6. The van der Waals surface area contributed by atoms with Crippen molar-refractivity contribution in [3.63, 3.8) is 0 Å². The average Bonchev–Trinajstić information content (AvgIpc) is 3.16. The van der Waals surface area contributed by atoms with Crippen LogP contribution in [0.15, 0.2) is 52.5 Å². The number of aliphatic hydroxyl groups is 1. The molecule has 2 aromatic rings. The predicted molar refractivity (Wildman–Crippen MR) is 108 cm³/mol. The van der Waals surface area contributed by atoms with Crippen LogP contribution in [0.4, 0.5) is 4.39 Å². The number of hydrogen-bond donors (Lipinski definition) is 1. The first-order chi connectivity index (χ1) is 13.7. The zero-order valence-corrected chi connectivity index (χ0v) is 17.1. The number of rotatable bonds is 5. The van der Waals surface area contributed by atoms with Gasteiger partial charge in [0.25, 0.3) is 0 Å². The highest BCUT2D eigenvalue weighted by Crippen LogP contribution is 2.34. The summed E-state index contributed by atoms with van der Waals surface area (Å²) in [5.74, 6) is -0.430. The SMILES string of the molecule is CN1CC(C)(S(=O)(=O)c2ccc(-c3ccc(C4=NO[C@@H](CO)C4)cc3F)cc2)C1. The van der Waals surface area contributed by atoms with E-state index in [1.54, 1.807) is 43.3 Å². The van der Waals surface area contributed by atoms with Crippen LogP contribution < -0.4 is 0 Å². The van der Waals surface area contributed by atoms with Crippen LogP contribution in [0.25, 0.3) is 11.1 Å². The van der Waals surface area contributed by atoms with Crippen molar-refractivity contribution in [2.75, 3.05) is 26.7 Å². The Balaban J connectivity index is 1.57. The molecule has 0 aromatic heterocycles. The van der Waals surface area contributed by atoms with E-state index in [1.807, 2.05) is 11.9 Å². The molecule has 2 aromatic carbocycles. The van der Waals surface area contributed by atoms with Gasteiger partial charge in [-0.1, -0.05) is 29.4 Å². The van der Waals surface area contributed by atoms with Crippen molar-refractivity contribution in [2.24, 2.45) is 5.16 Å². The third-order valence-electron chi connectivity index (χ3n) is 5.57. The zero-order valence-electron chi connectivity index (χ0n) is 16.3. The van der Waals surface area contributed by atoms with Crippen LogP contribution in [-0.4, -0.2) is 61.7 Å². The summed E-state index contributed by atoms with van der Waals surface area (Å²) in [6.45, 7) is 2.61. The molecule has 0 radical (unpaired) electrons. The molecule has 0 unspecified atom stereocenters. The number of likely N-dealkylation sites (tertiary alicyclic amines) is 1. The van der Waals surface area contributed by atoms with Crippen LogP contribution in [0.5, 0.6) is 0 Å². The highest BCUT2D eigenvalue weighted by molar-refractivity contribution is 7.93. The second-order valence-electron chi connectivity index (χ2n) is 8.00. The molecule has 1 N–H and O–H groups in total. The van der Waals surface area contributed by atoms with Crippen molar-refractivity contribution in [3.05, 3.63) is 53.8 Å². The molecule has 1 fully saturated rings. The van der Waals surface area contributed by atoms with Crippen LogP contribution in [0.1, 0.15) is 18.9 Å². The first-order valence-electron chi connectivity index (χ1n) is 9.40. The molecular formula is C21H23FN2O4S. The van der Waals surface area contributed by atoms with Gasteiger partial charge in [0, 0.05) is 30.6 Å². The first-order valence-corrected chi connectivity index (χ1v) is 10.9. The summed E-state index contributed by atoms with van der Waals surface area (Å²) in [5, 5.41) is 13.0. The summed E-state index contributed by atoms with van der Waals surface area (Å²) in [6.07, 6.45) is 0.0371. The predicted octanol–water partition coefficient (Wildman–Crippen LogP) is 2.46. The maximum Gasteiger partial charge on any atom is 0.186 e. The lowest BCUT2D eigenvalue weighted by Gasteiger charge is -2.45. The molecule has 0 aliphatic carbocycles. The van der Waals surface area contributed by atoms with E-state index in [0.717, 1.165) is 0 Å². The van der Waals surface area contributed by atoms with Gasteiger partial charge in [0.15, 0.2) is 15.9 Å². The minimum Gasteiger partial charge on any atom is -0.392 e. The molecule has 0 amide bonds. The summed E-state index contributed by atoms with van der Waals surface area (Å²) >= 11 is 0. The molecule has 29 heavy (non-hydrogen) atoms. The number of sulfone groups is 1. The van der Waals surface area contributed by atoms with Crippen molar-refractivity contribution in [1.29, 1.82) is 0 Å². The third kappa shape index (κ3) is 3.45. The van der Waals surface area contributed by atoms with Crippen molar-refractivity contribution in [1.82, 2.24) is 4.90 Å². The fourth-order valence-electron chi connectivity index (χ4n) is 3.99. The van der Waals surface area contributed by atoms with Crippen molar-refractivity contribution in [2.45, 2.75) is 29.1 Å². The molecule has 0 spiro atoms. The summed E-state index contributed by atoms with van der Waals surface area (Å²) in [6, 6.07) is 11.1. The largest absolute Gasteiger partial charge is 0.392 e. The summed E-state index contributed by atoms with van der Waals surface area (Å²) < 4.78 is 39.7. The molecule has 1 saturated heterocycles. The van der Waals surface area contributed by atoms with Gasteiger partial charge >= 0.3 is 0 Å². The first kappa shape index (κ1) is 20.0. The lowest BCUT2D eigenvalue weighted by molar-refractivity contribution is 0.0390. The smallest absolute Gasteiger partial charge is 0.186 e. The average molecular weight is 418 g/mol. The van der Waals surface area contributed by atoms with E-state index >= 15 is 0 Å². The van der Waals surface area contributed by atoms with E-state index in [1.165, 1.54) is 6.07 Å². The van der Waals surface area contributed by atoms with Gasteiger partial charge in [0.1, 0.15) is 5.82 Å². The van der Waals surface area contributed by atoms with Crippen LogP contribution in [0, 0.1) is 5.82 Å². The van der Waals surface area contributed by atoms with Crippen LogP contribution in [0.2, 0.25) is 0 Å². The summed E-state index contributed by atoms with van der Waals surface area (Å²) in [4.78, 5) is 7.29. The number of halogens is 1. The molecule has 2 heterocycles. The monoisotopic (exact) mass is 418 g/mol. The Morgan fingerprint density at radius 3 is 2.41 bits per heavy atom. The van der Waals surface area contributed by atoms with Crippen LogP contribution in [0.3, 0.4) is 0 Å². The molecule has 1 atom stereocenters. The fraction of sp³-hybridized carbons (Fsp3) is 0.381. The van der Waals surface area contributed by atoms with E-state index < -0.39 is 20.4 Å². The van der Waals surface area contributed by atoms with Gasteiger partial charge in [-0.2, -0.15) is 0 Å². The zero-order chi connectivity index (χ0) is 20.8. The fourth-order valence-corrected chi connectivity index (χ4v) is 5.83. The molecule has 2 aliphatic rings. The number of benzene rings is 2. The minimum atomic E-state index is -3.45. The van der Waals surface area contributed by atoms with E-state index in [0.29, 0.717) is 41.9 Å². The summed E-state index contributed by atoms with van der Waals surface area (Å²) in [7, 11) is -1.57. The normalized spacial score (nSPS) is 21.4. The Morgan fingerprint density at radius 2 is 1.86 bits per heavy atom. The van der Waals surface area contributed by atoms with E-state index in [2.05, 4.69) is 5.16 Å². The Kier molecular flexibility index (Phi) is 4.96. The van der Waals surface area contributed by atoms with Crippen molar-refractivity contribution in [3.8, 4) is 11.1 Å². The molecule has 6 nitrogen and oxygen atoms in total. The lowest BCUT2D eigenvalue weighted by atomic mass is 9.99. The Hall–Kier alpha value is -2.29. The van der Waals surface area contributed by atoms with Crippen molar-refractivity contribution >= 4 is 15.5 Å². The second-order valence-corrected chi connectivity index (χ2v) is 10.5. The number of aliphatic hydroxyl groups excluding tert-OH is 1. The van der Waals surface area contributed by atoms with E-state index in [-0.39, 0.29) is 17.6 Å². The Labute approximate surface area is 169 Å². The maximum absolute atomic E-state index is 14.7.